The van der Waals surface area contributed by atoms with E-state index in [1.165, 1.54) is 6.42 Å². The van der Waals surface area contributed by atoms with E-state index in [4.69, 9.17) is 4.74 Å². The van der Waals surface area contributed by atoms with Crippen LogP contribution in [0.2, 0.25) is 0 Å². The highest BCUT2D eigenvalue weighted by Crippen LogP contribution is 2.39. The molecule has 16 heavy (non-hydrogen) atoms. The van der Waals surface area contributed by atoms with Gasteiger partial charge in [0.15, 0.2) is 0 Å². The van der Waals surface area contributed by atoms with E-state index < -0.39 is 5.60 Å². The fourth-order valence-corrected chi connectivity index (χ4v) is 3.07. The fourth-order valence-electron chi connectivity index (χ4n) is 3.07. The molecule has 2 nitrogen and oxygen atoms in total. The van der Waals surface area contributed by atoms with Crippen LogP contribution in [0.15, 0.2) is 0 Å². The maximum Gasteiger partial charge on any atom is 0.0654 e. The van der Waals surface area contributed by atoms with Gasteiger partial charge in [-0.3, -0.25) is 0 Å². The van der Waals surface area contributed by atoms with Crippen molar-refractivity contribution >= 4 is 0 Å². The van der Waals surface area contributed by atoms with Crippen LogP contribution in [0.3, 0.4) is 0 Å². The third kappa shape index (κ3) is 4.06. The van der Waals surface area contributed by atoms with E-state index >= 15 is 0 Å². The van der Waals surface area contributed by atoms with E-state index in [1.54, 1.807) is 7.11 Å². The first-order valence-electron chi connectivity index (χ1n) is 6.54. The molecule has 0 amide bonds. The lowest BCUT2D eigenvalue weighted by molar-refractivity contribution is -0.0630. The largest absolute Gasteiger partial charge is 0.390 e. The molecule has 0 aromatic rings. The van der Waals surface area contributed by atoms with Crippen LogP contribution < -0.4 is 0 Å². The SMILES string of the molecule is COC(C)(C)CCC1(O)CC(C)CC(C)C1. The molecule has 2 atom stereocenters. The number of rotatable bonds is 4. The zero-order valence-corrected chi connectivity index (χ0v) is 11.5. The minimum absolute atomic E-state index is 0.111. The van der Waals surface area contributed by atoms with Gasteiger partial charge >= 0.3 is 0 Å². The van der Waals surface area contributed by atoms with Crippen LogP contribution in [-0.2, 0) is 4.74 Å². The maximum atomic E-state index is 10.6. The Bertz CT molecular complexity index is 213. The average molecular weight is 228 g/mol. The average Bonchev–Trinajstić information content (AvgIpc) is 2.13. The third-order valence-corrected chi connectivity index (χ3v) is 4.01. The number of aliphatic hydroxyl groups is 1. The second-order valence-electron chi connectivity index (χ2n) is 6.54. The molecule has 0 aromatic carbocycles. The predicted octanol–water partition coefficient (Wildman–Crippen LogP) is 3.38. The molecule has 96 valence electrons. The molecule has 2 unspecified atom stereocenters. The summed E-state index contributed by atoms with van der Waals surface area (Å²) in [5, 5.41) is 10.6. The molecule has 1 fully saturated rings. The molecule has 1 saturated carbocycles. The molecule has 0 spiro atoms. The highest BCUT2D eigenvalue weighted by atomic mass is 16.5. The van der Waals surface area contributed by atoms with E-state index in [2.05, 4.69) is 27.7 Å². The Kier molecular flexibility index (Phi) is 4.42. The summed E-state index contributed by atoms with van der Waals surface area (Å²) in [6.07, 6.45) is 4.96. The Hall–Kier alpha value is -0.0800. The zero-order valence-electron chi connectivity index (χ0n) is 11.5. The lowest BCUT2D eigenvalue weighted by atomic mass is 9.71. The fraction of sp³-hybridized carbons (Fsp3) is 1.00. The van der Waals surface area contributed by atoms with Gasteiger partial charge in [0, 0.05) is 7.11 Å². The molecule has 1 N–H and O–H groups in total. The van der Waals surface area contributed by atoms with Crippen molar-refractivity contribution in [2.24, 2.45) is 11.8 Å². The molecule has 1 rings (SSSR count). The number of methoxy groups -OCH3 is 1. The van der Waals surface area contributed by atoms with Crippen molar-refractivity contribution in [1.29, 1.82) is 0 Å². The first-order chi connectivity index (χ1) is 7.26. The van der Waals surface area contributed by atoms with Gasteiger partial charge in [0.1, 0.15) is 0 Å². The summed E-state index contributed by atoms with van der Waals surface area (Å²) >= 11 is 0. The van der Waals surface area contributed by atoms with E-state index in [0.29, 0.717) is 11.8 Å². The molecular weight excluding hydrogens is 200 g/mol. The molecule has 1 aliphatic rings. The van der Waals surface area contributed by atoms with Crippen molar-refractivity contribution in [2.75, 3.05) is 7.11 Å². The standard InChI is InChI=1S/C14H28O2/c1-11-8-12(2)10-14(15,9-11)7-6-13(3,4)16-5/h11-12,15H,6-10H2,1-5H3. The third-order valence-electron chi connectivity index (χ3n) is 4.01. The summed E-state index contributed by atoms with van der Waals surface area (Å²) in [5.41, 5.74) is -0.563. The van der Waals surface area contributed by atoms with Gasteiger partial charge in [-0.2, -0.15) is 0 Å². The predicted molar refractivity (Wildman–Crippen MR) is 67.5 cm³/mol. The van der Waals surface area contributed by atoms with Crippen LogP contribution in [0.5, 0.6) is 0 Å². The van der Waals surface area contributed by atoms with Gasteiger partial charge in [-0.25, -0.2) is 0 Å². The molecule has 0 radical (unpaired) electrons. The monoisotopic (exact) mass is 228 g/mol. The highest BCUT2D eigenvalue weighted by molar-refractivity contribution is 4.89. The molecule has 1 aliphatic carbocycles. The minimum Gasteiger partial charge on any atom is -0.390 e. The summed E-state index contributed by atoms with van der Waals surface area (Å²) in [5.74, 6) is 1.30. The van der Waals surface area contributed by atoms with Gasteiger partial charge in [-0.05, 0) is 57.8 Å². The highest BCUT2D eigenvalue weighted by Gasteiger charge is 2.36. The van der Waals surface area contributed by atoms with Crippen molar-refractivity contribution in [2.45, 2.75) is 71.0 Å². The Morgan fingerprint density at radius 2 is 1.75 bits per heavy atom. The van der Waals surface area contributed by atoms with Crippen LogP contribution >= 0.6 is 0 Å². The zero-order chi connectivity index (χ0) is 12.4. The van der Waals surface area contributed by atoms with Crippen molar-refractivity contribution in [3.63, 3.8) is 0 Å². The van der Waals surface area contributed by atoms with E-state index in [9.17, 15) is 5.11 Å². The summed E-state index contributed by atoms with van der Waals surface area (Å²) in [7, 11) is 1.75. The second-order valence-corrected chi connectivity index (χ2v) is 6.54. The molecule has 0 bridgehead atoms. The van der Waals surface area contributed by atoms with Gasteiger partial charge in [-0.1, -0.05) is 13.8 Å². The van der Waals surface area contributed by atoms with Gasteiger partial charge in [-0.15, -0.1) is 0 Å². The van der Waals surface area contributed by atoms with E-state index in [-0.39, 0.29) is 5.60 Å². The van der Waals surface area contributed by atoms with Crippen LogP contribution in [0.4, 0.5) is 0 Å². The van der Waals surface area contributed by atoms with Crippen molar-refractivity contribution in [3.8, 4) is 0 Å². The van der Waals surface area contributed by atoms with Gasteiger partial charge in [0.2, 0.25) is 0 Å². The molecular formula is C14H28O2. The van der Waals surface area contributed by atoms with Crippen LogP contribution in [0, 0.1) is 11.8 Å². The van der Waals surface area contributed by atoms with Gasteiger partial charge in [0.05, 0.1) is 11.2 Å². The summed E-state index contributed by atoms with van der Waals surface area (Å²) < 4.78 is 5.42. The van der Waals surface area contributed by atoms with Crippen LogP contribution in [-0.4, -0.2) is 23.4 Å². The Morgan fingerprint density at radius 3 is 2.19 bits per heavy atom. The van der Waals surface area contributed by atoms with E-state index in [0.717, 1.165) is 25.7 Å². The van der Waals surface area contributed by atoms with Crippen LogP contribution in [0.25, 0.3) is 0 Å². The quantitative estimate of drug-likeness (QED) is 0.799. The molecule has 0 aromatic heterocycles. The Labute approximate surface area is 100 Å². The Balaban J connectivity index is 2.51. The first kappa shape index (κ1) is 14.0. The first-order valence-corrected chi connectivity index (χ1v) is 6.54. The van der Waals surface area contributed by atoms with Crippen molar-refractivity contribution in [3.05, 3.63) is 0 Å². The lowest BCUT2D eigenvalue weighted by Crippen LogP contribution is -2.39. The molecule has 0 saturated heterocycles. The van der Waals surface area contributed by atoms with Crippen molar-refractivity contribution < 1.29 is 9.84 Å². The van der Waals surface area contributed by atoms with Crippen LogP contribution in [0.1, 0.15) is 59.8 Å². The minimum atomic E-state index is -0.452. The molecule has 2 heteroatoms. The van der Waals surface area contributed by atoms with Crippen molar-refractivity contribution in [1.82, 2.24) is 0 Å². The summed E-state index contributed by atoms with van der Waals surface area (Å²) in [6.45, 7) is 8.68. The normalized spacial score (nSPS) is 36.4. The number of ether oxygens (including phenoxy) is 1. The van der Waals surface area contributed by atoms with E-state index in [1.807, 2.05) is 0 Å². The summed E-state index contributed by atoms with van der Waals surface area (Å²) in [4.78, 5) is 0. The number of hydrogen-bond acceptors (Lipinski definition) is 2. The Morgan fingerprint density at radius 1 is 1.25 bits per heavy atom. The molecule has 0 heterocycles. The summed E-state index contributed by atoms with van der Waals surface area (Å²) in [6, 6.07) is 0. The molecule has 0 aliphatic heterocycles. The lowest BCUT2D eigenvalue weighted by Gasteiger charge is -2.40. The van der Waals surface area contributed by atoms with Gasteiger partial charge in [0.25, 0.3) is 0 Å². The maximum absolute atomic E-state index is 10.6. The second kappa shape index (κ2) is 5.05. The number of hydrogen-bond donors (Lipinski definition) is 1. The topological polar surface area (TPSA) is 29.5 Å². The van der Waals surface area contributed by atoms with Gasteiger partial charge < -0.3 is 9.84 Å². The smallest absolute Gasteiger partial charge is 0.0654 e.